The first-order valence-electron chi connectivity index (χ1n) is 7.60. The molecular formula is C16H21N3OS. The summed E-state index contributed by atoms with van der Waals surface area (Å²) in [6, 6.07) is 1.94. The number of carbonyl (C=O) groups excluding carboxylic acids is 1. The van der Waals surface area contributed by atoms with Crippen molar-refractivity contribution in [2.75, 3.05) is 6.26 Å². The van der Waals surface area contributed by atoms with E-state index in [2.05, 4.69) is 14.5 Å². The number of thioether (sulfide) groups is 1. The summed E-state index contributed by atoms with van der Waals surface area (Å²) in [5.41, 5.74) is 2.41. The van der Waals surface area contributed by atoms with Crippen LogP contribution in [-0.2, 0) is 6.54 Å². The molecule has 2 aromatic heterocycles. The molecule has 0 amide bonds. The molecule has 2 aromatic rings. The molecule has 0 N–H and O–H groups in total. The second-order valence-electron chi connectivity index (χ2n) is 5.84. The lowest BCUT2D eigenvalue weighted by Crippen LogP contribution is -2.14. The summed E-state index contributed by atoms with van der Waals surface area (Å²) in [5.74, 6) is 0.781. The minimum absolute atomic E-state index is 0.0560. The van der Waals surface area contributed by atoms with Gasteiger partial charge < -0.3 is 4.57 Å². The number of hydrogen-bond acceptors (Lipinski definition) is 4. The van der Waals surface area contributed by atoms with E-state index < -0.39 is 0 Å². The average Bonchev–Trinajstić information content (AvgIpc) is 2.85. The van der Waals surface area contributed by atoms with E-state index >= 15 is 0 Å². The summed E-state index contributed by atoms with van der Waals surface area (Å²) < 4.78 is 2.26. The van der Waals surface area contributed by atoms with Gasteiger partial charge in [0.1, 0.15) is 0 Å². The lowest BCUT2D eigenvalue weighted by molar-refractivity contribution is 0.101. The minimum atomic E-state index is 0.0560. The molecule has 1 aliphatic rings. The molecule has 0 radical (unpaired) electrons. The van der Waals surface area contributed by atoms with E-state index in [1.165, 1.54) is 32.1 Å². The van der Waals surface area contributed by atoms with Gasteiger partial charge in [0.05, 0.1) is 5.52 Å². The summed E-state index contributed by atoms with van der Waals surface area (Å²) in [4.78, 5) is 20.6. The molecule has 4 nitrogen and oxygen atoms in total. The van der Waals surface area contributed by atoms with Crippen molar-refractivity contribution < 1.29 is 4.79 Å². The van der Waals surface area contributed by atoms with Crippen LogP contribution in [0.15, 0.2) is 17.4 Å². The van der Waals surface area contributed by atoms with Crippen molar-refractivity contribution in [3.05, 3.63) is 17.8 Å². The van der Waals surface area contributed by atoms with Gasteiger partial charge in [-0.2, -0.15) is 0 Å². The fraction of sp³-hybridized carbons (Fsp3) is 0.562. The molecular weight excluding hydrogens is 282 g/mol. The Morgan fingerprint density at radius 3 is 2.81 bits per heavy atom. The maximum Gasteiger partial charge on any atom is 0.178 e. The predicted molar refractivity (Wildman–Crippen MR) is 85.9 cm³/mol. The van der Waals surface area contributed by atoms with Crippen LogP contribution in [0.5, 0.6) is 0 Å². The van der Waals surface area contributed by atoms with Gasteiger partial charge in [0.2, 0.25) is 0 Å². The molecule has 0 spiro atoms. The highest BCUT2D eigenvalue weighted by Gasteiger charge is 2.19. The third-order valence-corrected chi connectivity index (χ3v) is 5.00. The average molecular weight is 303 g/mol. The van der Waals surface area contributed by atoms with Gasteiger partial charge in [-0.15, -0.1) is 0 Å². The number of hydrogen-bond donors (Lipinski definition) is 0. The van der Waals surface area contributed by atoms with Crippen molar-refractivity contribution in [1.82, 2.24) is 14.5 Å². The van der Waals surface area contributed by atoms with Crippen LogP contribution in [0.4, 0.5) is 0 Å². The highest BCUT2D eigenvalue weighted by molar-refractivity contribution is 7.98. The Labute approximate surface area is 129 Å². The number of rotatable bonds is 4. The molecule has 1 aliphatic carbocycles. The number of pyridine rings is 1. The number of ketones is 1. The first kappa shape index (κ1) is 14.6. The fourth-order valence-electron chi connectivity index (χ4n) is 3.14. The van der Waals surface area contributed by atoms with E-state index in [0.29, 0.717) is 5.56 Å². The highest BCUT2D eigenvalue weighted by atomic mass is 32.2. The van der Waals surface area contributed by atoms with Gasteiger partial charge in [0, 0.05) is 18.3 Å². The second-order valence-corrected chi connectivity index (χ2v) is 6.61. The zero-order chi connectivity index (χ0) is 14.8. The molecule has 21 heavy (non-hydrogen) atoms. The van der Waals surface area contributed by atoms with E-state index in [4.69, 9.17) is 0 Å². The van der Waals surface area contributed by atoms with Gasteiger partial charge in [-0.1, -0.05) is 31.0 Å². The number of carbonyl (C=O) groups is 1. The Hall–Kier alpha value is -1.36. The van der Waals surface area contributed by atoms with Gasteiger partial charge in [-0.3, -0.25) is 4.79 Å². The smallest absolute Gasteiger partial charge is 0.178 e. The van der Waals surface area contributed by atoms with Crippen molar-refractivity contribution in [3.63, 3.8) is 0 Å². The largest absolute Gasteiger partial charge is 0.317 e. The molecule has 0 unspecified atom stereocenters. The number of fused-ring (bicyclic) bond motifs is 1. The van der Waals surface area contributed by atoms with Gasteiger partial charge in [-0.25, -0.2) is 9.97 Å². The van der Waals surface area contributed by atoms with Crippen molar-refractivity contribution in [1.29, 1.82) is 0 Å². The van der Waals surface area contributed by atoms with Crippen LogP contribution >= 0.6 is 11.8 Å². The fourth-order valence-corrected chi connectivity index (χ4v) is 3.71. The Bertz CT molecular complexity index is 659. The van der Waals surface area contributed by atoms with Crippen LogP contribution in [0.25, 0.3) is 11.2 Å². The normalized spacial score (nSPS) is 16.5. The van der Waals surface area contributed by atoms with Crippen LogP contribution in [0.3, 0.4) is 0 Å². The standard InChI is InChI=1S/C16H21N3OS/c1-11(20)13-8-14-15(17-9-13)18-16(21-2)19(14)10-12-6-4-3-5-7-12/h8-9,12H,3-7,10H2,1-2H3. The Kier molecular flexibility index (Phi) is 4.29. The first-order valence-corrected chi connectivity index (χ1v) is 8.82. The molecule has 5 heteroatoms. The maximum absolute atomic E-state index is 11.6. The molecule has 3 rings (SSSR count). The van der Waals surface area contributed by atoms with Crippen LogP contribution < -0.4 is 0 Å². The lowest BCUT2D eigenvalue weighted by Gasteiger charge is -2.22. The Morgan fingerprint density at radius 2 is 2.14 bits per heavy atom. The molecule has 0 atom stereocenters. The Balaban J connectivity index is 2.00. The zero-order valence-corrected chi connectivity index (χ0v) is 13.4. The number of Topliss-reactive ketones (excluding diaryl/α,β-unsaturated/α-hetero) is 1. The predicted octanol–water partition coefficient (Wildman–Crippen LogP) is 3.94. The molecule has 0 aromatic carbocycles. The van der Waals surface area contributed by atoms with Crippen LogP contribution in [-0.4, -0.2) is 26.6 Å². The third kappa shape index (κ3) is 2.98. The van der Waals surface area contributed by atoms with E-state index in [9.17, 15) is 4.79 Å². The van der Waals surface area contributed by atoms with E-state index in [0.717, 1.165) is 28.8 Å². The number of aromatic nitrogens is 3. The SMILES string of the molecule is CSc1nc2ncc(C(C)=O)cc2n1CC1CCCCC1. The van der Waals surface area contributed by atoms with Crippen LogP contribution in [0.1, 0.15) is 49.4 Å². The zero-order valence-electron chi connectivity index (χ0n) is 12.6. The van der Waals surface area contributed by atoms with E-state index in [1.54, 1.807) is 24.9 Å². The molecule has 1 fully saturated rings. The highest BCUT2D eigenvalue weighted by Crippen LogP contribution is 2.29. The van der Waals surface area contributed by atoms with Crippen LogP contribution in [0.2, 0.25) is 0 Å². The van der Waals surface area contributed by atoms with Gasteiger partial charge >= 0.3 is 0 Å². The van der Waals surface area contributed by atoms with Crippen LogP contribution in [0, 0.1) is 5.92 Å². The summed E-state index contributed by atoms with van der Waals surface area (Å²) in [6.45, 7) is 2.58. The molecule has 0 bridgehead atoms. The molecule has 0 aliphatic heterocycles. The summed E-state index contributed by atoms with van der Waals surface area (Å²) in [6.07, 6.45) is 10.3. The van der Waals surface area contributed by atoms with Gasteiger partial charge in [0.15, 0.2) is 16.6 Å². The van der Waals surface area contributed by atoms with E-state index in [-0.39, 0.29) is 5.78 Å². The van der Waals surface area contributed by atoms with E-state index in [1.807, 2.05) is 12.3 Å². The molecule has 112 valence electrons. The summed E-state index contributed by atoms with van der Waals surface area (Å²) >= 11 is 1.65. The molecule has 1 saturated carbocycles. The first-order chi connectivity index (χ1) is 10.2. The minimum Gasteiger partial charge on any atom is -0.317 e. The number of nitrogens with zero attached hydrogens (tertiary/aromatic N) is 3. The number of imidazole rings is 1. The monoisotopic (exact) mass is 303 g/mol. The van der Waals surface area contributed by atoms with Gasteiger partial charge in [-0.05, 0) is 38.0 Å². The van der Waals surface area contributed by atoms with Crippen molar-refractivity contribution in [2.24, 2.45) is 5.92 Å². The summed E-state index contributed by atoms with van der Waals surface area (Å²) in [7, 11) is 0. The van der Waals surface area contributed by atoms with Gasteiger partial charge in [0.25, 0.3) is 0 Å². The van der Waals surface area contributed by atoms with Crippen molar-refractivity contribution >= 4 is 28.7 Å². The molecule has 2 heterocycles. The Morgan fingerprint density at radius 1 is 1.38 bits per heavy atom. The van der Waals surface area contributed by atoms with Crippen molar-refractivity contribution in [3.8, 4) is 0 Å². The quantitative estimate of drug-likeness (QED) is 0.634. The molecule has 0 saturated heterocycles. The topological polar surface area (TPSA) is 47.8 Å². The summed E-state index contributed by atoms with van der Waals surface area (Å²) in [5, 5.41) is 1.00. The maximum atomic E-state index is 11.6. The second kappa shape index (κ2) is 6.18. The van der Waals surface area contributed by atoms with Crippen molar-refractivity contribution in [2.45, 2.75) is 50.7 Å². The lowest BCUT2D eigenvalue weighted by atomic mass is 9.89. The third-order valence-electron chi connectivity index (χ3n) is 4.33.